The quantitative estimate of drug-likeness (QED) is 0.609. The van der Waals surface area contributed by atoms with Crippen LogP contribution in [0.3, 0.4) is 0 Å². The molecule has 0 saturated heterocycles. The monoisotopic (exact) mass is 261 g/mol. The zero-order chi connectivity index (χ0) is 14.1. The molecule has 0 saturated carbocycles. The van der Waals surface area contributed by atoms with E-state index in [0.29, 0.717) is 6.04 Å². The van der Waals surface area contributed by atoms with Crippen LogP contribution in [0.1, 0.15) is 70.5 Å². The van der Waals surface area contributed by atoms with Crippen LogP contribution in [0.4, 0.5) is 0 Å². The van der Waals surface area contributed by atoms with Crippen LogP contribution in [0.2, 0.25) is 0 Å². The van der Waals surface area contributed by atoms with Crippen molar-refractivity contribution in [1.29, 1.82) is 0 Å². The van der Waals surface area contributed by atoms with Crippen molar-refractivity contribution in [3.63, 3.8) is 0 Å². The molecule has 1 aromatic rings. The molecule has 0 radical (unpaired) electrons. The topological polar surface area (TPSA) is 12.0 Å². The normalized spacial score (nSPS) is 12.9. The Balaban J connectivity index is 2.33. The van der Waals surface area contributed by atoms with Crippen LogP contribution in [0, 0.1) is 5.92 Å². The number of hydrogen-bond donors (Lipinski definition) is 1. The minimum Gasteiger partial charge on any atom is -0.310 e. The highest BCUT2D eigenvalue weighted by molar-refractivity contribution is 5.25. The van der Waals surface area contributed by atoms with Crippen LogP contribution >= 0.6 is 0 Å². The fourth-order valence-electron chi connectivity index (χ4n) is 2.40. The fourth-order valence-corrected chi connectivity index (χ4v) is 2.40. The van der Waals surface area contributed by atoms with Crippen molar-refractivity contribution in [2.24, 2.45) is 5.92 Å². The summed E-state index contributed by atoms with van der Waals surface area (Å²) in [4.78, 5) is 0. The standard InChI is InChI=1S/C18H31N/c1-5-6-7-8-13-19-16(4)18-11-9-17(10-12-18)14-15(2)3/h9-12,15-16,19H,5-8,13-14H2,1-4H3. The van der Waals surface area contributed by atoms with E-state index in [1.165, 1.54) is 43.2 Å². The molecule has 1 atom stereocenters. The summed E-state index contributed by atoms with van der Waals surface area (Å²) in [6.45, 7) is 10.2. The first-order valence-electron chi connectivity index (χ1n) is 7.95. The third-order valence-electron chi connectivity index (χ3n) is 3.60. The van der Waals surface area contributed by atoms with Crippen molar-refractivity contribution in [2.75, 3.05) is 6.54 Å². The number of hydrogen-bond acceptors (Lipinski definition) is 1. The number of rotatable bonds is 9. The largest absolute Gasteiger partial charge is 0.310 e. The number of benzene rings is 1. The first kappa shape index (κ1) is 16.2. The van der Waals surface area contributed by atoms with E-state index < -0.39 is 0 Å². The Morgan fingerprint density at radius 2 is 1.63 bits per heavy atom. The van der Waals surface area contributed by atoms with Gasteiger partial charge < -0.3 is 5.32 Å². The maximum Gasteiger partial charge on any atom is 0.0291 e. The van der Waals surface area contributed by atoms with Crippen LogP contribution in [0.25, 0.3) is 0 Å². The van der Waals surface area contributed by atoms with E-state index in [2.05, 4.69) is 57.3 Å². The highest BCUT2D eigenvalue weighted by atomic mass is 14.9. The lowest BCUT2D eigenvalue weighted by Crippen LogP contribution is -2.19. The van der Waals surface area contributed by atoms with E-state index in [1.807, 2.05) is 0 Å². The summed E-state index contributed by atoms with van der Waals surface area (Å²) < 4.78 is 0. The maximum absolute atomic E-state index is 3.62. The molecule has 0 aliphatic heterocycles. The molecule has 0 aliphatic carbocycles. The second kappa shape index (κ2) is 9.14. The van der Waals surface area contributed by atoms with Gasteiger partial charge in [-0.3, -0.25) is 0 Å². The second-order valence-corrected chi connectivity index (χ2v) is 6.08. The smallest absolute Gasteiger partial charge is 0.0291 e. The van der Waals surface area contributed by atoms with Gasteiger partial charge in [0.2, 0.25) is 0 Å². The van der Waals surface area contributed by atoms with Gasteiger partial charge in [0.15, 0.2) is 0 Å². The molecule has 0 bridgehead atoms. The van der Waals surface area contributed by atoms with Gasteiger partial charge in [0.1, 0.15) is 0 Å². The summed E-state index contributed by atoms with van der Waals surface area (Å²) in [5.41, 5.74) is 2.86. The predicted molar refractivity (Wildman–Crippen MR) is 85.5 cm³/mol. The molecule has 1 aromatic carbocycles. The summed E-state index contributed by atoms with van der Waals surface area (Å²) in [6, 6.07) is 9.59. The first-order chi connectivity index (χ1) is 9.13. The molecule has 0 heterocycles. The van der Waals surface area contributed by atoms with Gasteiger partial charge in [0, 0.05) is 6.04 Å². The summed E-state index contributed by atoms with van der Waals surface area (Å²) >= 11 is 0. The summed E-state index contributed by atoms with van der Waals surface area (Å²) in [6.07, 6.45) is 6.50. The van der Waals surface area contributed by atoms with Crippen LogP contribution in [-0.2, 0) is 6.42 Å². The Labute approximate surface area is 119 Å². The average molecular weight is 261 g/mol. The second-order valence-electron chi connectivity index (χ2n) is 6.08. The summed E-state index contributed by atoms with van der Waals surface area (Å²) in [5, 5.41) is 3.62. The molecular formula is C18H31N. The van der Waals surface area contributed by atoms with Gasteiger partial charge in [0.05, 0.1) is 0 Å². The Morgan fingerprint density at radius 3 is 2.21 bits per heavy atom. The van der Waals surface area contributed by atoms with Crippen molar-refractivity contribution in [3.05, 3.63) is 35.4 Å². The van der Waals surface area contributed by atoms with Crippen molar-refractivity contribution in [2.45, 2.75) is 65.8 Å². The molecule has 0 aliphatic rings. The number of nitrogens with one attached hydrogen (secondary N) is 1. The molecule has 1 heteroatoms. The Kier molecular flexibility index (Phi) is 7.81. The third-order valence-corrected chi connectivity index (χ3v) is 3.60. The lowest BCUT2D eigenvalue weighted by Gasteiger charge is -2.15. The van der Waals surface area contributed by atoms with Crippen molar-refractivity contribution in [1.82, 2.24) is 5.32 Å². The average Bonchev–Trinajstić information content (AvgIpc) is 2.38. The highest BCUT2D eigenvalue weighted by Gasteiger charge is 2.04. The van der Waals surface area contributed by atoms with Crippen LogP contribution in [-0.4, -0.2) is 6.54 Å². The highest BCUT2D eigenvalue weighted by Crippen LogP contribution is 2.15. The lowest BCUT2D eigenvalue weighted by atomic mass is 10.00. The minimum atomic E-state index is 0.467. The first-order valence-corrected chi connectivity index (χ1v) is 7.95. The van der Waals surface area contributed by atoms with E-state index in [1.54, 1.807) is 0 Å². The SMILES string of the molecule is CCCCCCNC(C)c1ccc(CC(C)C)cc1. The van der Waals surface area contributed by atoms with Crippen LogP contribution in [0.5, 0.6) is 0 Å². The Morgan fingerprint density at radius 1 is 0.947 bits per heavy atom. The molecule has 0 aromatic heterocycles. The van der Waals surface area contributed by atoms with Gasteiger partial charge in [-0.2, -0.15) is 0 Å². The van der Waals surface area contributed by atoms with Gasteiger partial charge in [-0.15, -0.1) is 0 Å². The zero-order valence-electron chi connectivity index (χ0n) is 13.2. The predicted octanol–water partition coefficient (Wildman–Crippen LogP) is 5.12. The molecular weight excluding hydrogens is 230 g/mol. The Bertz CT molecular complexity index is 326. The molecule has 0 spiro atoms. The van der Waals surface area contributed by atoms with Crippen LogP contribution in [0.15, 0.2) is 24.3 Å². The molecule has 108 valence electrons. The molecule has 1 unspecified atom stereocenters. The summed E-state index contributed by atoms with van der Waals surface area (Å²) in [7, 11) is 0. The van der Waals surface area contributed by atoms with Gasteiger partial charge in [0.25, 0.3) is 0 Å². The number of unbranched alkanes of at least 4 members (excludes halogenated alkanes) is 3. The lowest BCUT2D eigenvalue weighted by molar-refractivity contribution is 0.536. The van der Waals surface area contributed by atoms with Crippen LogP contribution < -0.4 is 5.32 Å². The van der Waals surface area contributed by atoms with Gasteiger partial charge in [-0.05, 0) is 43.4 Å². The van der Waals surface area contributed by atoms with Crippen molar-refractivity contribution < 1.29 is 0 Å². The van der Waals surface area contributed by atoms with E-state index in [4.69, 9.17) is 0 Å². The third kappa shape index (κ3) is 6.77. The molecule has 1 rings (SSSR count). The Hall–Kier alpha value is -0.820. The van der Waals surface area contributed by atoms with E-state index in [-0.39, 0.29) is 0 Å². The maximum atomic E-state index is 3.62. The van der Waals surface area contributed by atoms with Crippen molar-refractivity contribution >= 4 is 0 Å². The molecule has 1 nitrogen and oxygen atoms in total. The molecule has 1 N–H and O–H groups in total. The minimum absolute atomic E-state index is 0.467. The molecule has 0 fully saturated rings. The van der Waals surface area contributed by atoms with Gasteiger partial charge in [-0.25, -0.2) is 0 Å². The molecule has 19 heavy (non-hydrogen) atoms. The van der Waals surface area contributed by atoms with Crippen molar-refractivity contribution in [3.8, 4) is 0 Å². The van der Waals surface area contributed by atoms with Gasteiger partial charge in [-0.1, -0.05) is 64.3 Å². The molecule has 0 amide bonds. The fraction of sp³-hybridized carbons (Fsp3) is 0.667. The zero-order valence-corrected chi connectivity index (χ0v) is 13.2. The van der Waals surface area contributed by atoms with E-state index in [0.717, 1.165) is 12.5 Å². The summed E-state index contributed by atoms with van der Waals surface area (Å²) in [5.74, 6) is 0.736. The van der Waals surface area contributed by atoms with Gasteiger partial charge >= 0.3 is 0 Å². The van der Waals surface area contributed by atoms with E-state index in [9.17, 15) is 0 Å². The van der Waals surface area contributed by atoms with E-state index >= 15 is 0 Å².